The summed E-state index contributed by atoms with van der Waals surface area (Å²) in [6.45, 7) is 1.66. The Morgan fingerprint density at radius 1 is 1.13 bits per heavy atom. The number of hydrogen-bond donors (Lipinski definition) is 2. The number of benzene rings is 2. The second kappa shape index (κ2) is 7.40. The Kier molecular flexibility index (Phi) is 4.75. The van der Waals surface area contributed by atoms with Crippen molar-refractivity contribution in [3.8, 4) is 11.5 Å². The van der Waals surface area contributed by atoms with Crippen molar-refractivity contribution >= 4 is 23.3 Å². The molecule has 152 valence electrons. The molecule has 2 aromatic carbocycles. The van der Waals surface area contributed by atoms with Gasteiger partial charge in [-0.3, -0.25) is 14.5 Å². The second-order valence-corrected chi connectivity index (χ2v) is 6.79. The summed E-state index contributed by atoms with van der Waals surface area (Å²) >= 11 is 0. The molecule has 0 radical (unpaired) electrons. The monoisotopic (exact) mass is 406 g/mol. The lowest BCUT2D eigenvalue weighted by Crippen LogP contribution is -2.29. The third-order valence-corrected chi connectivity index (χ3v) is 4.86. The van der Waals surface area contributed by atoms with Crippen molar-refractivity contribution in [3.05, 3.63) is 77.1 Å². The number of phenols is 1. The van der Waals surface area contributed by atoms with E-state index in [-0.39, 0.29) is 22.9 Å². The molecule has 2 heterocycles. The number of methoxy groups -OCH3 is 1. The summed E-state index contributed by atoms with van der Waals surface area (Å²) < 4.78 is 10.2. The Morgan fingerprint density at radius 2 is 1.87 bits per heavy atom. The van der Waals surface area contributed by atoms with Crippen LogP contribution in [0.15, 0.2) is 64.7 Å². The minimum atomic E-state index is -0.997. The van der Waals surface area contributed by atoms with Crippen LogP contribution < -0.4 is 9.64 Å². The molecule has 0 aliphatic carbocycles. The highest BCUT2D eigenvalue weighted by Gasteiger charge is 2.48. The summed E-state index contributed by atoms with van der Waals surface area (Å²) in [4.78, 5) is 27.0. The molecule has 2 N–H and O–H groups in total. The quantitative estimate of drug-likeness (QED) is 0.388. The molecule has 4 rings (SSSR count). The van der Waals surface area contributed by atoms with E-state index < -0.39 is 17.7 Å². The minimum Gasteiger partial charge on any atom is -0.508 e. The van der Waals surface area contributed by atoms with Gasteiger partial charge in [0.2, 0.25) is 0 Å². The number of aliphatic hydroxyl groups excluding tert-OH is 1. The molecular formula is C22H18N2O6. The number of amides is 1. The molecule has 0 bridgehead atoms. The van der Waals surface area contributed by atoms with Gasteiger partial charge in [0.25, 0.3) is 5.78 Å². The van der Waals surface area contributed by atoms with Gasteiger partial charge in [0.15, 0.2) is 5.82 Å². The van der Waals surface area contributed by atoms with Crippen molar-refractivity contribution in [1.82, 2.24) is 5.16 Å². The lowest BCUT2D eigenvalue weighted by molar-refractivity contribution is -0.132. The van der Waals surface area contributed by atoms with Gasteiger partial charge in [0.05, 0.1) is 18.7 Å². The van der Waals surface area contributed by atoms with Crippen molar-refractivity contribution in [2.45, 2.75) is 13.0 Å². The normalized spacial score (nSPS) is 18.1. The number of carbonyl (C=O) groups is 2. The average molecular weight is 406 g/mol. The van der Waals surface area contributed by atoms with E-state index in [4.69, 9.17) is 9.26 Å². The van der Waals surface area contributed by atoms with Crippen LogP contribution in [0.3, 0.4) is 0 Å². The molecule has 1 saturated heterocycles. The topological polar surface area (TPSA) is 113 Å². The molecule has 0 saturated carbocycles. The van der Waals surface area contributed by atoms with Crippen LogP contribution in [0.5, 0.6) is 11.5 Å². The number of anilines is 1. The van der Waals surface area contributed by atoms with Gasteiger partial charge in [0.1, 0.15) is 23.0 Å². The van der Waals surface area contributed by atoms with Gasteiger partial charge < -0.3 is 19.5 Å². The predicted octanol–water partition coefficient (Wildman–Crippen LogP) is 3.32. The van der Waals surface area contributed by atoms with E-state index in [9.17, 15) is 19.8 Å². The summed E-state index contributed by atoms with van der Waals surface area (Å²) in [6, 6.07) is 13.1. The zero-order valence-corrected chi connectivity index (χ0v) is 16.2. The Labute approximate surface area is 171 Å². The van der Waals surface area contributed by atoms with E-state index in [1.165, 1.54) is 25.3 Å². The standard InChI is InChI=1S/C22H18N2O6/c1-12-10-17(23-30-12)24-19(14-4-3-5-15(25)11-14)18(21(27)22(24)28)20(26)13-6-8-16(29-2)9-7-13/h3-11,19,25-26H,1-2H3/t19-/m1/s1. The van der Waals surface area contributed by atoms with Gasteiger partial charge in [0, 0.05) is 11.6 Å². The van der Waals surface area contributed by atoms with Crippen molar-refractivity contribution in [1.29, 1.82) is 0 Å². The first-order chi connectivity index (χ1) is 14.4. The summed E-state index contributed by atoms with van der Waals surface area (Å²) in [7, 11) is 1.52. The Balaban J connectivity index is 1.92. The molecule has 1 aliphatic heterocycles. The molecule has 8 nitrogen and oxygen atoms in total. The third kappa shape index (κ3) is 3.18. The van der Waals surface area contributed by atoms with Crippen molar-refractivity contribution in [2.24, 2.45) is 0 Å². The van der Waals surface area contributed by atoms with Crippen molar-refractivity contribution in [3.63, 3.8) is 0 Å². The van der Waals surface area contributed by atoms with Crippen LogP contribution in [0.1, 0.15) is 22.9 Å². The molecule has 1 amide bonds. The number of aliphatic hydroxyl groups is 1. The number of Topliss-reactive ketones (excluding diaryl/α,β-unsaturated/α-hetero) is 1. The van der Waals surface area contributed by atoms with Crippen molar-refractivity contribution in [2.75, 3.05) is 12.0 Å². The van der Waals surface area contributed by atoms with Crippen LogP contribution in [-0.4, -0.2) is 34.2 Å². The molecular weight excluding hydrogens is 388 g/mol. The molecule has 8 heteroatoms. The summed E-state index contributed by atoms with van der Waals surface area (Å²) in [5.41, 5.74) is 0.664. The maximum absolute atomic E-state index is 12.9. The number of ketones is 1. The van der Waals surface area contributed by atoms with Gasteiger partial charge in [-0.1, -0.05) is 17.3 Å². The van der Waals surface area contributed by atoms with Crippen molar-refractivity contribution < 1.29 is 29.1 Å². The van der Waals surface area contributed by atoms with Crippen LogP contribution in [0, 0.1) is 6.92 Å². The maximum Gasteiger partial charge on any atom is 0.301 e. The lowest BCUT2D eigenvalue weighted by Gasteiger charge is -2.23. The molecule has 1 aromatic heterocycles. The summed E-state index contributed by atoms with van der Waals surface area (Å²) in [5, 5.41) is 24.8. The predicted molar refractivity (Wildman–Crippen MR) is 107 cm³/mol. The average Bonchev–Trinajstić information content (AvgIpc) is 3.28. The first kappa shape index (κ1) is 19.3. The van der Waals surface area contributed by atoms with E-state index in [0.29, 0.717) is 22.6 Å². The van der Waals surface area contributed by atoms with Gasteiger partial charge in [-0.15, -0.1) is 0 Å². The smallest absolute Gasteiger partial charge is 0.301 e. The summed E-state index contributed by atoms with van der Waals surface area (Å²) in [5.74, 6) is -0.932. The first-order valence-corrected chi connectivity index (χ1v) is 9.08. The van der Waals surface area contributed by atoms with E-state index in [2.05, 4.69) is 5.16 Å². The number of aromatic nitrogens is 1. The highest BCUT2D eigenvalue weighted by atomic mass is 16.5. The molecule has 30 heavy (non-hydrogen) atoms. The van der Waals surface area contributed by atoms with Gasteiger partial charge in [-0.25, -0.2) is 0 Å². The number of phenolic OH excluding ortho intramolecular Hbond substituents is 1. The van der Waals surface area contributed by atoms with Crippen LogP contribution >= 0.6 is 0 Å². The fourth-order valence-electron chi connectivity index (χ4n) is 3.45. The highest BCUT2D eigenvalue weighted by molar-refractivity contribution is 6.51. The van der Waals surface area contributed by atoms with E-state index in [0.717, 1.165) is 4.90 Å². The minimum absolute atomic E-state index is 0.0427. The Bertz CT molecular complexity index is 1160. The third-order valence-electron chi connectivity index (χ3n) is 4.86. The van der Waals surface area contributed by atoms with Crippen LogP contribution in [-0.2, 0) is 9.59 Å². The summed E-state index contributed by atoms with van der Waals surface area (Å²) in [6.07, 6.45) is 0. The molecule has 1 atom stereocenters. The number of ether oxygens (including phenoxy) is 1. The Morgan fingerprint density at radius 3 is 2.47 bits per heavy atom. The molecule has 0 unspecified atom stereocenters. The van der Waals surface area contributed by atoms with Gasteiger partial charge >= 0.3 is 5.91 Å². The number of rotatable bonds is 4. The zero-order valence-electron chi connectivity index (χ0n) is 16.2. The van der Waals surface area contributed by atoms with E-state index in [1.54, 1.807) is 43.3 Å². The number of hydrogen-bond acceptors (Lipinski definition) is 7. The van der Waals surface area contributed by atoms with Gasteiger partial charge in [-0.05, 0) is 48.9 Å². The van der Waals surface area contributed by atoms with Crippen LogP contribution in [0.2, 0.25) is 0 Å². The maximum atomic E-state index is 12.9. The SMILES string of the molecule is COc1ccc(C(O)=C2C(=O)C(=O)N(c3cc(C)on3)[C@@H]2c2cccc(O)c2)cc1. The number of nitrogens with zero attached hydrogens (tertiary/aromatic N) is 2. The van der Waals surface area contributed by atoms with Crippen LogP contribution in [0.25, 0.3) is 5.76 Å². The molecule has 0 spiro atoms. The van der Waals surface area contributed by atoms with Gasteiger partial charge in [-0.2, -0.15) is 0 Å². The largest absolute Gasteiger partial charge is 0.508 e. The fraction of sp³-hybridized carbons (Fsp3) is 0.136. The number of aryl methyl sites for hydroxylation is 1. The second-order valence-electron chi connectivity index (χ2n) is 6.79. The first-order valence-electron chi connectivity index (χ1n) is 9.08. The molecule has 3 aromatic rings. The Hall–Kier alpha value is -4.07. The van der Waals surface area contributed by atoms with Crippen LogP contribution in [0.4, 0.5) is 5.82 Å². The number of carbonyl (C=O) groups excluding carboxylic acids is 2. The van der Waals surface area contributed by atoms with E-state index >= 15 is 0 Å². The molecule has 1 aliphatic rings. The fourth-order valence-corrected chi connectivity index (χ4v) is 3.45. The lowest BCUT2D eigenvalue weighted by atomic mass is 9.95. The zero-order chi connectivity index (χ0) is 21.4. The van der Waals surface area contributed by atoms with E-state index in [1.807, 2.05) is 0 Å². The highest BCUT2D eigenvalue weighted by Crippen LogP contribution is 2.42. The number of aromatic hydroxyl groups is 1. The molecule has 1 fully saturated rings.